The van der Waals surface area contributed by atoms with Gasteiger partial charge in [-0.05, 0) is 30.5 Å². The van der Waals surface area contributed by atoms with Crippen LogP contribution in [0.3, 0.4) is 0 Å². The second-order valence-corrected chi connectivity index (χ2v) is 7.80. The van der Waals surface area contributed by atoms with Gasteiger partial charge in [-0.1, -0.05) is 12.1 Å². The molecule has 7 nitrogen and oxygen atoms in total. The van der Waals surface area contributed by atoms with Crippen LogP contribution in [0.25, 0.3) is 16.5 Å². The van der Waals surface area contributed by atoms with Crippen molar-refractivity contribution in [2.45, 2.75) is 25.6 Å². The Morgan fingerprint density at radius 3 is 2.88 bits per heavy atom. The van der Waals surface area contributed by atoms with Crippen molar-refractivity contribution in [3.8, 4) is 0 Å². The fourth-order valence-corrected chi connectivity index (χ4v) is 4.15. The van der Waals surface area contributed by atoms with Crippen molar-refractivity contribution in [3.05, 3.63) is 59.3 Å². The monoisotopic (exact) mass is 443 g/mol. The molecule has 5 rings (SSSR count). The quantitative estimate of drug-likeness (QED) is 0.622. The number of halogens is 3. The number of carbonyl (C=O) groups is 1. The van der Waals surface area contributed by atoms with E-state index in [4.69, 9.17) is 4.74 Å². The number of alkyl halides is 3. The minimum Gasteiger partial charge on any atom is -0.380 e. The Labute approximate surface area is 181 Å². The van der Waals surface area contributed by atoms with E-state index in [-0.39, 0.29) is 17.1 Å². The van der Waals surface area contributed by atoms with Crippen molar-refractivity contribution in [2.24, 2.45) is 0 Å². The maximum atomic E-state index is 13.3. The standard InChI is InChI=1S/C22H20F3N5O2/c23-22(24,25)13-30-18-11-17(21(31)29-7-2-9-32-10-8-29)27-12-16(18)20(28-30)15-5-4-14-3-1-6-26-19(14)15/h1,3,5-6,11-12H,2,4,7-10,13H2. The van der Waals surface area contributed by atoms with Crippen molar-refractivity contribution < 1.29 is 22.7 Å². The first-order chi connectivity index (χ1) is 15.4. The number of ether oxygens (including phenoxy) is 1. The van der Waals surface area contributed by atoms with Gasteiger partial charge in [0.1, 0.15) is 17.9 Å². The van der Waals surface area contributed by atoms with Gasteiger partial charge in [0.15, 0.2) is 0 Å². The molecule has 2 aliphatic rings. The molecule has 4 heterocycles. The van der Waals surface area contributed by atoms with Gasteiger partial charge in [0.05, 0.1) is 17.8 Å². The largest absolute Gasteiger partial charge is 0.408 e. The summed E-state index contributed by atoms with van der Waals surface area (Å²) in [5, 5.41) is 4.74. The zero-order valence-electron chi connectivity index (χ0n) is 17.1. The first-order valence-corrected chi connectivity index (χ1v) is 10.4. The molecule has 0 N–H and O–H groups in total. The maximum Gasteiger partial charge on any atom is 0.408 e. The van der Waals surface area contributed by atoms with Gasteiger partial charge < -0.3 is 9.64 Å². The van der Waals surface area contributed by atoms with E-state index in [1.807, 2.05) is 18.2 Å². The van der Waals surface area contributed by atoms with E-state index in [1.54, 1.807) is 11.1 Å². The summed E-state index contributed by atoms with van der Waals surface area (Å²) in [5.41, 5.74) is 3.06. The Balaban J connectivity index is 1.59. The summed E-state index contributed by atoms with van der Waals surface area (Å²) in [7, 11) is 0. The van der Waals surface area contributed by atoms with E-state index in [0.717, 1.165) is 10.2 Å². The Hall–Kier alpha value is -3.27. The van der Waals surface area contributed by atoms with Crippen molar-refractivity contribution in [3.63, 3.8) is 0 Å². The molecule has 1 amide bonds. The van der Waals surface area contributed by atoms with Gasteiger partial charge in [-0.2, -0.15) is 18.3 Å². The third kappa shape index (κ3) is 3.86. The molecule has 1 aliphatic carbocycles. The number of hydrogen-bond donors (Lipinski definition) is 0. The highest BCUT2D eigenvalue weighted by Crippen LogP contribution is 2.35. The molecule has 1 aliphatic heterocycles. The zero-order valence-corrected chi connectivity index (χ0v) is 17.1. The highest BCUT2D eigenvalue weighted by Gasteiger charge is 2.32. The van der Waals surface area contributed by atoms with Crippen LogP contribution in [0.1, 0.15) is 33.9 Å². The zero-order chi connectivity index (χ0) is 22.3. The van der Waals surface area contributed by atoms with E-state index < -0.39 is 12.7 Å². The lowest BCUT2D eigenvalue weighted by molar-refractivity contribution is -0.141. The number of amides is 1. The minimum atomic E-state index is -4.47. The first-order valence-electron chi connectivity index (χ1n) is 10.4. The lowest BCUT2D eigenvalue weighted by Crippen LogP contribution is -2.33. The SMILES string of the molecule is O=C(c1cc2c(cn1)c(C1=CCc3cccnc31)nn2CC(F)(F)F)N1CCCOCC1. The summed E-state index contributed by atoms with van der Waals surface area (Å²) in [6, 6.07) is 5.16. The van der Waals surface area contributed by atoms with E-state index in [2.05, 4.69) is 15.1 Å². The number of allylic oxidation sites excluding steroid dienone is 1. The summed E-state index contributed by atoms with van der Waals surface area (Å²) in [4.78, 5) is 23.3. The van der Waals surface area contributed by atoms with Crippen LogP contribution >= 0.6 is 0 Å². The average molecular weight is 443 g/mol. The third-order valence-corrected chi connectivity index (χ3v) is 5.62. The first kappa shape index (κ1) is 20.6. The number of hydrogen-bond acceptors (Lipinski definition) is 5. The number of pyridine rings is 2. The average Bonchev–Trinajstić information content (AvgIpc) is 3.21. The lowest BCUT2D eigenvalue weighted by atomic mass is 10.1. The summed E-state index contributed by atoms with van der Waals surface area (Å²) in [6.07, 6.45) is 1.86. The molecule has 32 heavy (non-hydrogen) atoms. The van der Waals surface area contributed by atoms with Gasteiger partial charge in [0.25, 0.3) is 5.91 Å². The summed E-state index contributed by atoms with van der Waals surface area (Å²) >= 11 is 0. The molecular weight excluding hydrogens is 423 g/mol. The number of nitrogens with zero attached hydrogens (tertiary/aromatic N) is 5. The highest BCUT2D eigenvalue weighted by atomic mass is 19.4. The molecule has 0 bridgehead atoms. The van der Waals surface area contributed by atoms with Gasteiger partial charge >= 0.3 is 6.18 Å². The second kappa shape index (κ2) is 8.01. The van der Waals surface area contributed by atoms with Gasteiger partial charge in [-0.25, -0.2) is 0 Å². The highest BCUT2D eigenvalue weighted by molar-refractivity contribution is 6.00. The van der Waals surface area contributed by atoms with Gasteiger partial charge in [0.2, 0.25) is 0 Å². The van der Waals surface area contributed by atoms with Crippen LogP contribution < -0.4 is 0 Å². The number of rotatable bonds is 3. The van der Waals surface area contributed by atoms with Crippen molar-refractivity contribution in [2.75, 3.05) is 26.3 Å². The third-order valence-electron chi connectivity index (χ3n) is 5.62. The summed E-state index contributed by atoms with van der Waals surface area (Å²) in [5.74, 6) is -0.328. The summed E-state index contributed by atoms with van der Waals surface area (Å²) < 4.78 is 46.2. The van der Waals surface area contributed by atoms with E-state index in [1.165, 1.54) is 12.3 Å². The molecule has 0 radical (unpaired) electrons. The predicted molar refractivity (Wildman–Crippen MR) is 110 cm³/mol. The van der Waals surface area contributed by atoms with Crippen molar-refractivity contribution >= 4 is 22.4 Å². The van der Waals surface area contributed by atoms with E-state index >= 15 is 0 Å². The molecular formula is C22H20F3N5O2. The lowest BCUT2D eigenvalue weighted by Gasteiger charge is -2.19. The topological polar surface area (TPSA) is 73.1 Å². The summed E-state index contributed by atoms with van der Waals surface area (Å²) in [6.45, 7) is 0.663. The van der Waals surface area contributed by atoms with Crippen LogP contribution in [0, 0.1) is 0 Å². The Morgan fingerprint density at radius 2 is 2.03 bits per heavy atom. The molecule has 0 spiro atoms. The fraction of sp³-hybridized carbons (Fsp3) is 0.364. The molecule has 166 valence electrons. The predicted octanol–water partition coefficient (Wildman–Crippen LogP) is 3.24. The molecule has 1 saturated heterocycles. The molecule has 3 aromatic rings. The van der Waals surface area contributed by atoms with E-state index in [9.17, 15) is 18.0 Å². The Morgan fingerprint density at radius 1 is 1.16 bits per heavy atom. The van der Waals surface area contributed by atoms with Crippen LogP contribution in [0.5, 0.6) is 0 Å². The van der Waals surface area contributed by atoms with Gasteiger partial charge in [-0.15, -0.1) is 0 Å². The Kier molecular flexibility index (Phi) is 5.16. The van der Waals surface area contributed by atoms with Gasteiger partial charge in [0, 0.05) is 43.0 Å². The van der Waals surface area contributed by atoms with Crippen LogP contribution in [-0.2, 0) is 17.7 Å². The van der Waals surface area contributed by atoms with Crippen molar-refractivity contribution in [1.29, 1.82) is 0 Å². The van der Waals surface area contributed by atoms with Crippen LogP contribution in [0.15, 0.2) is 36.7 Å². The molecule has 10 heteroatoms. The number of aromatic nitrogens is 4. The molecule has 0 aromatic carbocycles. The number of carbonyl (C=O) groups excluding carboxylic acids is 1. The van der Waals surface area contributed by atoms with Crippen LogP contribution in [0.2, 0.25) is 0 Å². The molecule has 1 fully saturated rings. The molecule has 3 aromatic heterocycles. The maximum absolute atomic E-state index is 13.3. The molecule has 0 unspecified atom stereocenters. The van der Waals surface area contributed by atoms with Crippen LogP contribution in [0.4, 0.5) is 13.2 Å². The van der Waals surface area contributed by atoms with Crippen LogP contribution in [-0.4, -0.2) is 63.0 Å². The normalized spacial score (nSPS) is 16.7. The van der Waals surface area contributed by atoms with Crippen molar-refractivity contribution in [1.82, 2.24) is 24.6 Å². The molecule has 0 saturated carbocycles. The fourth-order valence-electron chi connectivity index (χ4n) is 4.15. The van der Waals surface area contributed by atoms with Gasteiger partial charge in [-0.3, -0.25) is 19.4 Å². The van der Waals surface area contributed by atoms with E-state index in [0.29, 0.717) is 61.5 Å². The minimum absolute atomic E-state index is 0.0909. The second-order valence-electron chi connectivity index (χ2n) is 7.80. The molecule has 0 atom stereocenters. The number of fused-ring (bicyclic) bond motifs is 2. The Bertz CT molecular complexity index is 1210. The smallest absolute Gasteiger partial charge is 0.380 e.